The quantitative estimate of drug-likeness (QED) is 0.895. The van der Waals surface area contributed by atoms with Crippen LogP contribution in [0.25, 0.3) is 0 Å². The van der Waals surface area contributed by atoms with Crippen molar-refractivity contribution >= 4 is 0 Å². The van der Waals surface area contributed by atoms with Crippen molar-refractivity contribution < 1.29 is 4.74 Å². The number of ether oxygens (including phenoxy) is 1. The van der Waals surface area contributed by atoms with Crippen LogP contribution < -0.4 is 10.1 Å². The van der Waals surface area contributed by atoms with Crippen LogP contribution in [0.4, 0.5) is 0 Å². The van der Waals surface area contributed by atoms with E-state index >= 15 is 0 Å². The van der Waals surface area contributed by atoms with Crippen molar-refractivity contribution in [3.8, 4) is 5.75 Å². The number of likely N-dealkylation sites (N-methyl/N-ethyl adjacent to an activating group) is 3. The SMILES string of the molecule is CNC(c1cccc2c1OCC2)C1CN(C)CCN1C. The average Bonchev–Trinajstić information content (AvgIpc) is 2.92. The van der Waals surface area contributed by atoms with Gasteiger partial charge in [0.2, 0.25) is 0 Å². The molecule has 1 N–H and O–H groups in total. The van der Waals surface area contributed by atoms with Gasteiger partial charge in [-0.2, -0.15) is 0 Å². The Hall–Kier alpha value is -1.10. The van der Waals surface area contributed by atoms with Crippen molar-refractivity contribution in [2.75, 3.05) is 47.4 Å². The van der Waals surface area contributed by atoms with Crippen LogP contribution in [0.2, 0.25) is 0 Å². The first kappa shape index (κ1) is 13.9. The molecule has 0 aromatic heterocycles. The summed E-state index contributed by atoms with van der Waals surface area (Å²) < 4.78 is 5.89. The smallest absolute Gasteiger partial charge is 0.127 e. The number of hydrogen-bond acceptors (Lipinski definition) is 4. The zero-order valence-corrected chi connectivity index (χ0v) is 12.7. The summed E-state index contributed by atoms with van der Waals surface area (Å²) in [5, 5.41) is 3.52. The molecule has 0 amide bonds. The fraction of sp³-hybridized carbons (Fsp3) is 0.625. The average molecular weight is 275 g/mol. The van der Waals surface area contributed by atoms with E-state index < -0.39 is 0 Å². The molecule has 2 atom stereocenters. The Morgan fingerprint density at radius 2 is 2.15 bits per heavy atom. The number of benzene rings is 1. The normalized spacial score (nSPS) is 25.2. The van der Waals surface area contributed by atoms with Gasteiger partial charge in [0.15, 0.2) is 0 Å². The molecule has 1 saturated heterocycles. The van der Waals surface area contributed by atoms with Gasteiger partial charge in [-0.1, -0.05) is 18.2 Å². The van der Waals surface area contributed by atoms with E-state index in [-0.39, 0.29) is 0 Å². The zero-order chi connectivity index (χ0) is 14.1. The van der Waals surface area contributed by atoms with E-state index in [9.17, 15) is 0 Å². The van der Waals surface area contributed by atoms with E-state index in [0.717, 1.165) is 38.4 Å². The number of nitrogens with one attached hydrogen (secondary N) is 1. The Balaban J connectivity index is 1.92. The van der Waals surface area contributed by atoms with Crippen LogP contribution in [-0.2, 0) is 6.42 Å². The van der Waals surface area contributed by atoms with Crippen molar-refractivity contribution in [2.24, 2.45) is 0 Å². The molecule has 110 valence electrons. The molecule has 2 unspecified atom stereocenters. The van der Waals surface area contributed by atoms with Gasteiger partial charge >= 0.3 is 0 Å². The van der Waals surface area contributed by atoms with Gasteiger partial charge in [0.05, 0.1) is 12.6 Å². The summed E-state index contributed by atoms with van der Waals surface area (Å²) in [6.45, 7) is 4.18. The summed E-state index contributed by atoms with van der Waals surface area (Å²) in [4.78, 5) is 4.88. The van der Waals surface area contributed by atoms with E-state index in [1.54, 1.807) is 0 Å². The highest BCUT2D eigenvalue weighted by molar-refractivity contribution is 5.46. The summed E-state index contributed by atoms with van der Waals surface area (Å²) in [6.07, 6.45) is 1.04. The van der Waals surface area contributed by atoms with Gasteiger partial charge < -0.3 is 15.0 Å². The van der Waals surface area contributed by atoms with E-state index in [2.05, 4.69) is 54.5 Å². The van der Waals surface area contributed by atoms with Crippen LogP contribution in [-0.4, -0.2) is 63.2 Å². The predicted molar refractivity (Wildman–Crippen MR) is 81.4 cm³/mol. The molecule has 0 spiro atoms. The number of piperazine rings is 1. The molecule has 0 saturated carbocycles. The topological polar surface area (TPSA) is 27.7 Å². The molecular formula is C16H25N3O. The lowest BCUT2D eigenvalue weighted by molar-refractivity contribution is 0.0890. The molecule has 2 aliphatic rings. The summed E-state index contributed by atoms with van der Waals surface area (Å²) in [7, 11) is 6.49. The first-order chi connectivity index (χ1) is 9.70. The maximum Gasteiger partial charge on any atom is 0.127 e. The lowest BCUT2D eigenvalue weighted by atomic mass is 9.94. The molecule has 2 aliphatic heterocycles. The first-order valence-corrected chi connectivity index (χ1v) is 7.51. The molecule has 0 aliphatic carbocycles. The van der Waals surface area contributed by atoms with Crippen LogP contribution >= 0.6 is 0 Å². The van der Waals surface area contributed by atoms with E-state index in [0.29, 0.717) is 12.1 Å². The van der Waals surface area contributed by atoms with E-state index in [1.807, 2.05) is 0 Å². The summed E-state index contributed by atoms with van der Waals surface area (Å²) >= 11 is 0. The van der Waals surface area contributed by atoms with Crippen molar-refractivity contribution in [3.63, 3.8) is 0 Å². The Labute approximate surface area is 121 Å². The minimum atomic E-state index is 0.316. The van der Waals surface area contributed by atoms with Gasteiger partial charge in [0.1, 0.15) is 5.75 Å². The van der Waals surface area contributed by atoms with Crippen LogP contribution in [0.5, 0.6) is 5.75 Å². The van der Waals surface area contributed by atoms with Crippen molar-refractivity contribution in [3.05, 3.63) is 29.3 Å². The van der Waals surface area contributed by atoms with Gasteiger partial charge in [-0.05, 0) is 26.7 Å². The number of nitrogens with zero attached hydrogens (tertiary/aromatic N) is 2. The Morgan fingerprint density at radius 1 is 1.30 bits per heavy atom. The summed E-state index contributed by atoms with van der Waals surface area (Å²) in [6, 6.07) is 7.37. The predicted octanol–water partition coefficient (Wildman–Crippen LogP) is 1.13. The lowest BCUT2D eigenvalue weighted by Crippen LogP contribution is -2.54. The third-order valence-electron chi connectivity index (χ3n) is 4.67. The highest BCUT2D eigenvalue weighted by atomic mass is 16.5. The van der Waals surface area contributed by atoms with Gasteiger partial charge in [-0.25, -0.2) is 0 Å². The molecule has 1 fully saturated rings. The molecule has 20 heavy (non-hydrogen) atoms. The zero-order valence-electron chi connectivity index (χ0n) is 12.7. The van der Waals surface area contributed by atoms with Crippen molar-refractivity contribution in [2.45, 2.75) is 18.5 Å². The van der Waals surface area contributed by atoms with Crippen molar-refractivity contribution in [1.82, 2.24) is 15.1 Å². The largest absolute Gasteiger partial charge is 0.493 e. The molecule has 1 aromatic carbocycles. The summed E-state index contributed by atoms with van der Waals surface area (Å²) in [5.41, 5.74) is 2.67. The second-order valence-corrected chi connectivity index (χ2v) is 6.01. The fourth-order valence-electron chi connectivity index (χ4n) is 3.44. The maximum absolute atomic E-state index is 5.89. The molecule has 4 heteroatoms. The lowest BCUT2D eigenvalue weighted by Gasteiger charge is -2.42. The highest BCUT2D eigenvalue weighted by Gasteiger charge is 2.32. The molecule has 4 nitrogen and oxygen atoms in total. The minimum absolute atomic E-state index is 0.316. The van der Waals surface area contributed by atoms with E-state index in [4.69, 9.17) is 4.74 Å². The van der Waals surface area contributed by atoms with Crippen LogP contribution in [0.15, 0.2) is 18.2 Å². The Kier molecular flexibility index (Phi) is 3.96. The number of para-hydroxylation sites is 1. The number of rotatable bonds is 3. The van der Waals surface area contributed by atoms with Gasteiger partial charge in [-0.15, -0.1) is 0 Å². The monoisotopic (exact) mass is 275 g/mol. The third-order valence-corrected chi connectivity index (χ3v) is 4.67. The molecule has 0 bridgehead atoms. The van der Waals surface area contributed by atoms with Crippen molar-refractivity contribution in [1.29, 1.82) is 0 Å². The van der Waals surface area contributed by atoms with Gasteiger partial charge in [-0.3, -0.25) is 4.90 Å². The second-order valence-electron chi connectivity index (χ2n) is 6.01. The Bertz CT molecular complexity index is 477. The molecule has 3 rings (SSSR count). The third kappa shape index (κ3) is 2.43. The Morgan fingerprint density at radius 3 is 2.95 bits per heavy atom. The van der Waals surface area contributed by atoms with Gasteiger partial charge in [0.25, 0.3) is 0 Å². The minimum Gasteiger partial charge on any atom is -0.493 e. The second kappa shape index (κ2) is 5.72. The maximum atomic E-state index is 5.89. The van der Waals surface area contributed by atoms with Crippen LogP contribution in [0.3, 0.4) is 0 Å². The van der Waals surface area contributed by atoms with Crippen LogP contribution in [0, 0.1) is 0 Å². The summed E-state index contributed by atoms with van der Waals surface area (Å²) in [5.74, 6) is 1.12. The van der Waals surface area contributed by atoms with Crippen LogP contribution in [0.1, 0.15) is 17.2 Å². The number of hydrogen-bond donors (Lipinski definition) is 1. The first-order valence-electron chi connectivity index (χ1n) is 7.51. The molecule has 0 radical (unpaired) electrons. The highest BCUT2D eigenvalue weighted by Crippen LogP contribution is 2.36. The fourth-order valence-corrected chi connectivity index (χ4v) is 3.44. The standard InChI is InChI=1S/C16H25N3O/c1-17-15(14-11-18(2)8-9-19(14)3)13-6-4-5-12-7-10-20-16(12)13/h4-6,14-15,17H,7-11H2,1-3H3. The van der Waals surface area contributed by atoms with Gasteiger partial charge in [0, 0.05) is 37.7 Å². The molecule has 2 heterocycles. The molecule has 1 aromatic rings. The number of fused-ring (bicyclic) bond motifs is 1. The van der Waals surface area contributed by atoms with E-state index in [1.165, 1.54) is 11.1 Å². The molecular weight excluding hydrogens is 250 g/mol.